The Morgan fingerprint density at radius 2 is 1.69 bits per heavy atom. The second-order valence-electron chi connectivity index (χ2n) is 6.99. The molecule has 1 aromatic carbocycles. The van der Waals surface area contributed by atoms with Crippen molar-refractivity contribution in [2.24, 2.45) is 0 Å². The summed E-state index contributed by atoms with van der Waals surface area (Å²) in [4.78, 5) is 66.3. The molecular formula is C21H27N7O7. The van der Waals surface area contributed by atoms with Crippen LogP contribution in [0.15, 0.2) is 29.1 Å². The van der Waals surface area contributed by atoms with Gasteiger partial charge >= 0.3 is 18.0 Å². The van der Waals surface area contributed by atoms with Crippen LogP contribution in [0.4, 0.5) is 27.9 Å². The van der Waals surface area contributed by atoms with Crippen LogP contribution in [-0.2, 0) is 19.1 Å². The molecule has 0 spiro atoms. The zero-order chi connectivity index (χ0) is 26.0. The molecule has 0 aliphatic rings. The zero-order valence-corrected chi connectivity index (χ0v) is 19.2. The van der Waals surface area contributed by atoms with Crippen molar-refractivity contribution in [1.82, 2.24) is 15.3 Å². The van der Waals surface area contributed by atoms with Crippen molar-refractivity contribution in [3.8, 4) is 0 Å². The van der Waals surface area contributed by atoms with Crippen LogP contribution in [0.2, 0.25) is 0 Å². The molecule has 0 unspecified atom stereocenters. The molecule has 188 valence electrons. The van der Waals surface area contributed by atoms with Gasteiger partial charge in [-0.3, -0.25) is 24.7 Å². The molecular weight excluding hydrogens is 462 g/mol. The molecule has 35 heavy (non-hydrogen) atoms. The lowest BCUT2D eigenvalue weighted by Gasteiger charge is -2.17. The van der Waals surface area contributed by atoms with E-state index >= 15 is 0 Å². The number of carbonyl (C=O) groups excluding carboxylic acids is 4. The Hall–Kier alpha value is -4.62. The predicted molar refractivity (Wildman–Crippen MR) is 127 cm³/mol. The summed E-state index contributed by atoms with van der Waals surface area (Å²) in [5.41, 5.74) is 10.4. The highest BCUT2D eigenvalue weighted by Gasteiger charge is 2.24. The van der Waals surface area contributed by atoms with E-state index in [4.69, 9.17) is 20.9 Å². The van der Waals surface area contributed by atoms with Crippen molar-refractivity contribution in [1.29, 1.82) is 0 Å². The summed E-state index contributed by atoms with van der Waals surface area (Å²) in [6.07, 6.45) is -0.0715. The van der Waals surface area contributed by atoms with Crippen LogP contribution in [0.25, 0.3) is 0 Å². The Bertz CT molecular complexity index is 1130. The summed E-state index contributed by atoms with van der Waals surface area (Å²) in [7, 11) is 0. The molecule has 3 amide bonds. The quantitative estimate of drug-likeness (QED) is 0.255. The Labute approximate surface area is 199 Å². The number of anilines is 4. The van der Waals surface area contributed by atoms with Crippen LogP contribution in [0.1, 0.15) is 37.0 Å². The number of nitrogens with one attached hydrogen (secondary N) is 4. The SMILES string of the molecule is CCOC(=O)CC[C@H](NC(=O)c1ccc(NC(=O)Nc2c(N)nc(N)[nH]c2=O)cc1)C(=O)OCC. The van der Waals surface area contributed by atoms with Crippen LogP contribution in [-0.4, -0.2) is 53.1 Å². The molecule has 2 aromatic rings. The number of nitrogen functional groups attached to an aromatic ring is 2. The number of carbonyl (C=O) groups is 4. The fraction of sp³-hybridized carbons (Fsp3) is 0.333. The Balaban J connectivity index is 2.01. The molecule has 0 fully saturated rings. The summed E-state index contributed by atoms with van der Waals surface area (Å²) in [5.74, 6) is -2.21. The third-order valence-corrected chi connectivity index (χ3v) is 4.43. The highest BCUT2D eigenvalue weighted by Crippen LogP contribution is 2.13. The maximum Gasteiger partial charge on any atom is 0.328 e. The molecule has 8 N–H and O–H groups in total. The number of H-pyrrole nitrogens is 1. The number of benzene rings is 1. The van der Waals surface area contributed by atoms with Crippen LogP contribution in [0.5, 0.6) is 0 Å². The molecule has 1 aromatic heterocycles. The molecule has 0 bridgehead atoms. The van der Waals surface area contributed by atoms with Crippen molar-refractivity contribution in [2.45, 2.75) is 32.7 Å². The second-order valence-corrected chi connectivity index (χ2v) is 6.99. The zero-order valence-electron chi connectivity index (χ0n) is 19.2. The Kier molecular flexibility index (Phi) is 9.57. The number of nitrogens with two attached hydrogens (primary N) is 2. The van der Waals surface area contributed by atoms with Crippen molar-refractivity contribution in [3.63, 3.8) is 0 Å². The van der Waals surface area contributed by atoms with Gasteiger partial charge in [0.15, 0.2) is 11.5 Å². The number of ether oxygens (including phenoxy) is 2. The number of hydrogen-bond donors (Lipinski definition) is 6. The lowest BCUT2D eigenvalue weighted by molar-refractivity contribution is -0.146. The van der Waals surface area contributed by atoms with E-state index in [-0.39, 0.29) is 49.1 Å². The fourth-order valence-electron chi connectivity index (χ4n) is 2.84. The summed E-state index contributed by atoms with van der Waals surface area (Å²) in [6.45, 7) is 3.60. The van der Waals surface area contributed by atoms with Crippen LogP contribution in [0.3, 0.4) is 0 Å². The van der Waals surface area contributed by atoms with Gasteiger partial charge in [-0.1, -0.05) is 0 Å². The van der Waals surface area contributed by atoms with Crippen LogP contribution < -0.4 is 33.0 Å². The van der Waals surface area contributed by atoms with Crippen LogP contribution in [0, 0.1) is 0 Å². The van der Waals surface area contributed by atoms with Crippen molar-refractivity contribution in [2.75, 3.05) is 35.3 Å². The third-order valence-electron chi connectivity index (χ3n) is 4.43. The van der Waals surface area contributed by atoms with E-state index in [9.17, 15) is 24.0 Å². The number of rotatable bonds is 10. The first-order chi connectivity index (χ1) is 16.6. The first-order valence-corrected chi connectivity index (χ1v) is 10.6. The third kappa shape index (κ3) is 8.03. The van der Waals surface area contributed by atoms with Crippen LogP contribution >= 0.6 is 0 Å². The summed E-state index contributed by atoms with van der Waals surface area (Å²) >= 11 is 0. The summed E-state index contributed by atoms with van der Waals surface area (Å²) in [6, 6.07) is 3.84. The molecule has 0 saturated heterocycles. The van der Waals surface area contributed by atoms with Gasteiger partial charge in [0, 0.05) is 17.7 Å². The van der Waals surface area contributed by atoms with Gasteiger partial charge in [-0.2, -0.15) is 4.98 Å². The number of nitrogens with zero attached hydrogens (tertiary/aromatic N) is 1. The fourth-order valence-corrected chi connectivity index (χ4v) is 2.84. The van der Waals surface area contributed by atoms with E-state index in [0.717, 1.165) is 0 Å². The van der Waals surface area contributed by atoms with E-state index < -0.39 is 35.5 Å². The number of hydrogen-bond acceptors (Lipinski definition) is 10. The smallest absolute Gasteiger partial charge is 0.328 e. The highest BCUT2D eigenvalue weighted by atomic mass is 16.5. The van der Waals surface area contributed by atoms with Crippen molar-refractivity contribution in [3.05, 3.63) is 40.2 Å². The van der Waals surface area contributed by atoms with Crippen molar-refractivity contribution < 1.29 is 28.7 Å². The molecule has 14 nitrogen and oxygen atoms in total. The number of aromatic amines is 1. The van der Waals surface area contributed by atoms with E-state index in [0.29, 0.717) is 5.69 Å². The predicted octanol–water partition coefficient (Wildman–Crippen LogP) is 0.583. The molecule has 0 aliphatic carbocycles. The molecule has 2 rings (SSSR count). The topological polar surface area (TPSA) is 221 Å². The number of esters is 2. The van der Waals surface area contributed by atoms with Gasteiger partial charge in [-0.05, 0) is 44.5 Å². The molecule has 0 aliphatic heterocycles. The normalized spacial score (nSPS) is 11.1. The first-order valence-electron chi connectivity index (χ1n) is 10.6. The first kappa shape index (κ1) is 26.6. The monoisotopic (exact) mass is 489 g/mol. The van der Waals surface area contributed by atoms with Gasteiger partial charge in [-0.25, -0.2) is 9.59 Å². The van der Waals surface area contributed by atoms with E-state index in [1.54, 1.807) is 13.8 Å². The molecule has 1 atom stereocenters. The largest absolute Gasteiger partial charge is 0.466 e. The van der Waals surface area contributed by atoms with Gasteiger partial charge in [0.1, 0.15) is 6.04 Å². The number of amides is 3. The van der Waals surface area contributed by atoms with Gasteiger partial charge in [0.05, 0.1) is 13.2 Å². The summed E-state index contributed by atoms with van der Waals surface area (Å²) in [5, 5.41) is 7.28. The average molecular weight is 489 g/mol. The maximum absolute atomic E-state index is 12.6. The van der Waals surface area contributed by atoms with Gasteiger partial charge in [0.25, 0.3) is 11.5 Å². The Morgan fingerprint density at radius 1 is 1.03 bits per heavy atom. The van der Waals surface area contributed by atoms with Gasteiger partial charge < -0.3 is 31.6 Å². The second kappa shape index (κ2) is 12.6. The number of aromatic nitrogens is 2. The minimum Gasteiger partial charge on any atom is -0.466 e. The number of urea groups is 1. The standard InChI is InChI=1S/C21H27N7O7/c1-3-34-14(29)10-9-13(19(32)35-4-2)25-17(30)11-5-7-12(8-6-11)24-21(33)26-15-16(22)27-20(23)28-18(15)31/h5-8,13H,3-4,9-10H2,1-2H3,(H,25,30)(H2,24,26,33)(H5,22,23,27,28,31)/t13-/m0/s1. The minimum atomic E-state index is -1.05. The lowest BCUT2D eigenvalue weighted by atomic mass is 10.1. The van der Waals surface area contributed by atoms with E-state index in [1.165, 1.54) is 24.3 Å². The maximum atomic E-state index is 12.6. The van der Waals surface area contributed by atoms with E-state index in [1.807, 2.05) is 0 Å². The summed E-state index contributed by atoms with van der Waals surface area (Å²) < 4.78 is 9.81. The molecule has 14 heteroatoms. The van der Waals surface area contributed by atoms with Crippen molar-refractivity contribution >= 4 is 47.0 Å². The lowest BCUT2D eigenvalue weighted by Crippen LogP contribution is -2.42. The van der Waals surface area contributed by atoms with E-state index in [2.05, 4.69) is 25.9 Å². The molecule has 0 saturated carbocycles. The Morgan fingerprint density at radius 3 is 2.29 bits per heavy atom. The average Bonchev–Trinajstić information content (AvgIpc) is 2.79. The van der Waals surface area contributed by atoms with Gasteiger partial charge in [0.2, 0.25) is 5.95 Å². The van der Waals surface area contributed by atoms with Gasteiger partial charge in [-0.15, -0.1) is 0 Å². The minimum absolute atomic E-state index is 0.00543. The highest BCUT2D eigenvalue weighted by molar-refractivity contribution is 6.02. The molecule has 1 heterocycles. The molecule has 0 radical (unpaired) electrons.